The van der Waals surface area contributed by atoms with Crippen LogP contribution in [0.15, 0.2) is 18.2 Å². The molecule has 1 fully saturated rings. The Labute approximate surface area is 138 Å². The van der Waals surface area contributed by atoms with Crippen LogP contribution in [0.25, 0.3) is 0 Å². The van der Waals surface area contributed by atoms with Crippen molar-refractivity contribution >= 4 is 5.91 Å². The second-order valence-electron chi connectivity index (χ2n) is 5.71. The molecule has 23 heavy (non-hydrogen) atoms. The first-order chi connectivity index (χ1) is 11.2. The molecule has 0 radical (unpaired) electrons. The van der Waals surface area contributed by atoms with Crippen LogP contribution in [0, 0.1) is 5.92 Å². The quantitative estimate of drug-likeness (QED) is 0.770. The zero-order chi connectivity index (χ0) is 16.5. The number of nitrogens with one attached hydrogen (secondary N) is 2. The van der Waals surface area contributed by atoms with E-state index in [2.05, 4.69) is 10.6 Å². The van der Waals surface area contributed by atoms with E-state index in [0.717, 1.165) is 49.4 Å². The molecule has 1 aromatic carbocycles. The monoisotopic (exact) mass is 320 g/mol. The van der Waals surface area contributed by atoms with Crippen LogP contribution in [0.5, 0.6) is 11.5 Å². The summed E-state index contributed by atoms with van der Waals surface area (Å²) in [6, 6.07) is 5.98. The summed E-state index contributed by atoms with van der Waals surface area (Å²) in [4.78, 5) is 12.1. The number of hydrogen-bond acceptors (Lipinski definition) is 4. The fourth-order valence-electron chi connectivity index (χ4n) is 2.81. The third kappa shape index (κ3) is 5.43. The Kier molecular flexibility index (Phi) is 7.20. The standard InChI is InChI=1S/C18H28N2O3/c1-3-22-16-6-5-14(13-17(16)23-4-2)7-12-20-18(21)15-8-10-19-11-9-15/h5-6,13,15,19H,3-4,7-12H2,1-2H3,(H,20,21). The van der Waals surface area contributed by atoms with Gasteiger partial charge in [0.25, 0.3) is 0 Å². The molecule has 2 rings (SSSR count). The summed E-state index contributed by atoms with van der Waals surface area (Å²) in [5.41, 5.74) is 1.14. The molecule has 1 aromatic rings. The van der Waals surface area contributed by atoms with Gasteiger partial charge in [-0.05, 0) is 63.9 Å². The maximum Gasteiger partial charge on any atom is 0.223 e. The molecule has 0 aromatic heterocycles. The molecule has 1 aliphatic rings. The molecule has 0 spiro atoms. The number of carbonyl (C=O) groups is 1. The van der Waals surface area contributed by atoms with Crippen molar-refractivity contribution in [2.45, 2.75) is 33.1 Å². The van der Waals surface area contributed by atoms with Gasteiger partial charge >= 0.3 is 0 Å². The van der Waals surface area contributed by atoms with Crippen LogP contribution >= 0.6 is 0 Å². The highest BCUT2D eigenvalue weighted by atomic mass is 16.5. The second kappa shape index (κ2) is 9.40. The number of benzene rings is 1. The van der Waals surface area contributed by atoms with E-state index >= 15 is 0 Å². The van der Waals surface area contributed by atoms with Gasteiger partial charge in [0.05, 0.1) is 13.2 Å². The number of piperidine rings is 1. The van der Waals surface area contributed by atoms with Gasteiger partial charge in [-0.3, -0.25) is 4.79 Å². The zero-order valence-corrected chi connectivity index (χ0v) is 14.2. The van der Waals surface area contributed by atoms with Crippen LogP contribution in [-0.2, 0) is 11.2 Å². The minimum absolute atomic E-state index is 0.163. The lowest BCUT2D eigenvalue weighted by atomic mass is 9.97. The van der Waals surface area contributed by atoms with Crippen molar-refractivity contribution < 1.29 is 14.3 Å². The lowest BCUT2D eigenvalue weighted by Gasteiger charge is -2.21. The lowest BCUT2D eigenvalue weighted by Crippen LogP contribution is -2.38. The van der Waals surface area contributed by atoms with Crippen LogP contribution < -0.4 is 20.1 Å². The summed E-state index contributed by atoms with van der Waals surface area (Å²) in [5, 5.41) is 6.33. The number of carbonyl (C=O) groups excluding carboxylic acids is 1. The van der Waals surface area contributed by atoms with Gasteiger partial charge in [-0.25, -0.2) is 0 Å². The van der Waals surface area contributed by atoms with E-state index in [4.69, 9.17) is 9.47 Å². The van der Waals surface area contributed by atoms with Gasteiger partial charge in [-0.1, -0.05) is 6.07 Å². The molecule has 0 atom stereocenters. The number of hydrogen-bond donors (Lipinski definition) is 2. The van der Waals surface area contributed by atoms with Crippen molar-refractivity contribution in [3.05, 3.63) is 23.8 Å². The van der Waals surface area contributed by atoms with E-state index < -0.39 is 0 Å². The Morgan fingerprint density at radius 2 is 1.87 bits per heavy atom. The third-order valence-electron chi connectivity index (χ3n) is 4.03. The van der Waals surface area contributed by atoms with Gasteiger partial charge in [0.15, 0.2) is 11.5 Å². The number of amides is 1. The maximum atomic E-state index is 12.1. The Morgan fingerprint density at radius 1 is 1.17 bits per heavy atom. The largest absolute Gasteiger partial charge is 0.490 e. The van der Waals surface area contributed by atoms with Crippen LogP contribution in [0.1, 0.15) is 32.3 Å². The number of rotatable bonds is 8. The molecular formula is C18H28N2O3. The van der Waals surface area contributed by atoms with Crippen LogP contribution in [0.3, 0.4) is 0 Å². The highest BCUT2D eigenvalue weighted by Gasteiger charge is 2.20. The number of ether oxygens (including phenoxy) is 2. The topological polar surface area (TPSA) is 59.6 Å². The zero-order valence-electron chi connectivity index (χ0n) is 14.2. The minimum Gasteiger partial charge on any atom is -0.490 e. The van der Waals surface area contributed by atoms with Crippen molar-refractivity contribution in [3.8, 4) is 11.5 Å². The summed E-state index contributed by atoms with van der Waals surface area (Å²) < 4.78 is 11.2. The van der Waals surface area contributed by atoms with E-state index in [-0.39, 0.29) is 11.8 Å². The average molecular weight is 320 g/mol. The molecular weight excluding hydrogens is 292 g/mol. The van der Waals surface area contributed by atoms with E-state index in [1.54, 1.807) is 0 Å². The SMILES string of the molecule is CCOc1ccc(CCNC(=O)C2CCNCC2)cc1OCC. The summed E-state index contributed by atoms with van der Waals surface area (Å²) in [7, 11) is 0. The van der Waals surface area contributed by atoms with Gasteiger partial charge in [0.2, 0.25) is 5.91 Å². The van der Waals surface area contributed by atoms with Crippen LogP contribution in [0.4, 0.5) is 0 Å². The van der Waals surface area contributed by atoms with E-state index in [0.29, 0.717) is 19.8 Å². The first kappa shape index (κ1) is 17.6. The Bertz CT molecular complexity index is 499. The summed E-state index contributed by atoms with van der Waals surface area (Å²) >= 11 is 0. The molecule has 0 unspecified atom stereocenters. The first-order valence-electron chi connectivity index (χ1n) is 8.61. The van der Waals surface area contributed by atoms with Crippen molar-refractivity contribution in [2.75, 3.05) is 32.8 Å². The highest BCUT2D eigenvalue weighted by Crippen LogP contribution is 2.28. The van der Waals surface area contributed by atoms with Gasteiger partial charge < -0.3 is 20.1 Å². The van der Waals surface area contributed by atoms with E-state index in [1.807, 2.05) is 32.0 Å². The van der Waals surface area contributed by atoms with Gasteiger partial charge in [-0.15, -0.1) is 0 Å². The summed E-state index contributed by atoms with van der Waals surface area (Å²) in [6.45, 7) is 7.68. The van der Waals surface area contributed by atoms with Crippen molar-refractivity contribution in [1.29, 1.82) is 0 Å². The fourth-order valence-corrected chi connectivity index (χ4v) is 2.81. The lowest BCUT2D eigenvalue weighted by molar-refractivity contribution is -0.125. The third-order valence-corrected chi connectivity index (χ3v) is 4.03. The fraction of sp³-hybridized carbons (Fsp3) is 0.611. The second-order valence-corrected chi connectivity index (χ2v) is 5.71. The molecule has 0 bridgehead atoms. The van der Waals surface area contributed by atoms with Crippen molar-refractivity contribution in [1.82, 2.24) is 10.6 Å². The Balaban J connectivity index is 1.84. The predicted octanol–water partition coefficient (Wildman–Crippen LogP) is 2.14. The summed E-state index contributed by atoms with van der Waals surface area (Å²) in [6.07, 6.45) is 2.66. The van der Waals surface area contributed by atoms with Gasteiger partial charge in [0.1, 0.15) is 0 Å². The molecule has 0 saturated carbocycles. The molecule has 1 aliphatic heterocycles. The molecule has 5 heteroatoms. The molecule has 0 aliphatic carbocycles. The maximum absolute atomic E-state index is 12.1. The minimum atomic E-state index is 0.163. The van der Waals surface area contributed by atoms with Gasteiger partial charge in [0, 0.05) is 12.5 Å². The molecule has 1 heterocycles. The van der Waals surface area contributed by atoms with E-state index in [1.165, 1.54) is 0 Å². The Morgan fingerprint density at radius 3 is 2.57 bits per heavy atom. The van der Waals surface area contributed by atoms with Crippen molar-refractivity contribution in [3.63, 3.8) is 0 Å². The van der Waals surface area contributed by atoms with E-state index in [9.17, 15) is 4.79 Å². The normalized spacial score (nSPS) is 15.2. The molecule has 1 amide bonds. The molecule has 2 N–H and O–H groups in total. The molecule has 128 valence electrons. The molecule has 5 nitrogen and oxygen atoms in total. The van der Waals surface area contributed by atoms with Crippen LogP contribution in [0.2, 0.25) is 0 Å². The van der Waals surface area contributed by atoms with Crippen LogP contribution in [-0.4, -0.2) is 38.8 Å². The molecule has 1 saturated heterocycles. The smallest absolute Gasteiger partial charge is 0.223 e. The summed E-state index contributed by atoms with van der Waals surface area (Å²) in [5.74, 6) is 1.89. The van der Waals surface area contributed by atoms with Crippen molar-refractivity contribution in [2.24, 2.45) is 5.92 Å². The van der Waals surface area contributed by atoms with Gasteiger partial charge in [-0.2, -0.15) is 0 Å². The highest BCUT2D eigenvalue weighted by molar-refractivity contribution is 5.78. The predicted molar refractivity (Wildman–Crippen MR) is 91.1 cm³/mol. The first-order valence-corrected chi connectivity index (χ1v) is 8.61. The Hall–Kier alpha value is -1.75. The average Bonchev–Trinajstić information content (AvgIpc) is 2.58.